The van der Waals surface area contributed by atoms with Gasteiger partial charge in [0.15, 0.2) is 11.8 Å². The first kappa shape index (κ1) is 12.3. The van der Waals surface area contributed by atoms with Gasteiger partial charge in [-0.1, -0.05) is 19.8 Å². The van der Waals surface area contributed by atoms with E-state index in [1.807, 2.05) is 0 Å². The van der Waals surface area contributed by atoms with Crippen LogP contribution < -0.4 is 0 Å². The highest BCUT2D eigenvalue weighted by Gasteiger charge is 2.14. The van der Waals surface area contributed by atoms with Crippen molar-refractivity contribution in [3.63, 3.8) is 0 Å². The van der Waals surface area contributed by atoms with E-state index in [-0.39, 0.29) is 5.69 Å². The average molecular weight is 220 g/mol. The molecule has 0 saturated carbocycles. The largest absolute Gasteiger partial charge is 0.445 e. The van der Waals surface area contributed by atoms with Crippen molar-refractivity contribution in [1.82, 2.24) is 10.2 Å². The summed E-state index contributed by atoms with van der Waals surface area (Å²) in [6.45, 7) is 5.83. The number of carbonyl (C=O) groups excluding carboxylic acids is 1. The lowest BCUT2D eigenvalue weighted by Gasteiger charge is -2.04. The molecule has 0 fully saturated rings. The predicted molar refractivity (Wildman–Crippen MR) is 60.8 cm³/mol. The SMILES string of the molecule is C#C[C@H](C)OC(=O)c1cc(CC(C)C)[nH]n1. The van der Waals surface area contributed by atoms with E-state index < -0.39 is 12.1 Å². The summed E-state index contributed by atoms with van der Waals surface area (Å²) in [6.07, 6.45) is 5.44. The van der Waals surface area contributed by atoms with Crippen LogP contribution in [0.1, 0.15) is 37.0 Å². The third kappa shape index (κ3) is 3.43. The number of rotatable bonds is 4. The highest BCUT2D eigenvalue weighted by molar-refractivity contribution is 5.87. The Morgan fingerprint density at radius 2 is 2.31 bits per heavy atom. The molecule has 1 N–H and O–H groups in total. The summed E-state index contributed by atoms with van der Waals surface area (Å²) in [5.41, 5.74) is 1.20. The molecule has 1 aromatic rings. The smallest absolute Gasteiger partial charge is 0.360 e. The summed E-state index contributed by atoms with van der Waals surface area (Å²) in [7, 11) is 0. The maximum Gasteiger partial charge on any atom is 0.360 e. The van der Waals surface area contributed by atoms with E-state index in [1.165, 1.54) is 0 Å². The molecule has 0 unspecified atom stereocenters. The van der Waals surface area contributed by atoms with Crippen molar-refractivity contribution in [1.29, 1.82) is 0 Å². The van der Waals surface area contributed by atoms with Crippen molar-refractivity contribution < 1.29 is 9.53 Å². The van der Waals surface area contributed by atoms with Gasteiger partial charge in [-0.15, -0.1) is 6.42 Å². The van der Waals surface area contributed by atoms with Crippen molar-refractivity contribution in [2.24, 2.45) is 5.92 Å². The molecule has 0 saturated heterocycles. The molecule has 1 heterocycles. The lowest BCUT2D eigenvalue weighted by molar-refractivity contribution is 0.0432. The first-order valence-electron chi connectivity index (χ1n) is 5.24. The van der Waals surface area contributed by atoms with Gasteiger partial charge in [-0.05, 0) is 25.3 Å². The van der Waals surface area contributed by atoms with Crippen molar-refractivity contribution in [2.75, 3.05) is 0 Å². The van der Waals surface area contributed by atoms with Crippen LogP contribution in [0.4, 0.5) is 0 Å². The van der Waals surface area contributed by atoms with Gasteiger partial charge in [0.05, 0.1) is 0 Å². The Morgan fingerprint density at radius 1 is 1.62 bits per heavy atom. The van der Waals surface area contributed by atoms with Gasteiger partial charge in [-0.2, -0.15) is 5.10 Å². The summed E-state index contributed by atoms with van der Waals surface area (Å²) in [6, 6.07) is 1.70. The second-order valence-electron chi connectivity index (χ2n) is 4.09. The molecule has 0 aliphatic carbocycles. The Morgan fingerprint density at radius 3 is 2.88 bits per heavy atom. The molecule has 0 bridgehead atoms. The van der Waals surface area contributed by atoms with E-state index in [9.17, 15) is 4.79 Å². The fourth-order valence-corrected chi connectivity index (χ4v) is 1.27. The van der Waals surface area contributed by atoms with E-state index in [0.717, 1.165) is 12.1 Å². The molecule has 4 heteroatoms. The highest BCUT2D eigenvalue weighted by Crippen LogP contribution is 2.08. The molecule has 0 aliphatic rings. The molecule has 0 aromatic carbocycles. The van der Waals surface area contributed by atoms with Crippen LogP contribution in [0.25, 0.3) is 0 Å². The number of terminal acetylenes is 1. The van der Waals surface area contributed by atoms with Gasteiger partial charge in [-0.3, -0.25) is 5.10 Å². The minimum absolute atomic E-state index is 0.276. The zero-order chi connectivity index (χ0) is 12.1. The number of hydrogen-bond donors (Lipinski definition) is 1. The van der Waals surface area contributed by atoms with E-state index >= 15 is 0 Å². The zero-order valence-corrected chi connectivity index (χ0v) is 9.78. The van der Waals surface area contributed by atoms with E-state index in [0.29, 0.717) is 5.92 Å². The fourth-order valence-electron chi connectivity index (χ4n) is 1.27. The Bertz CT molecular complexity index is 401. The predicted octanol–water partition coefficient (Wildman–Crippen LogP) is 1.79. The second-order valence-corrected chi connectivity index (χ2v) is 4.09. The van der Waals surface area contributed by atoms with Gasteiger partial charge < -0.3 is 4.74 Å². The van der Waals surface area contributed by atoms with Crippen LogP contribution in [0, 0.1) is 18.3 Å². The van der Waals surface area contributed by atoms with Gasteiger partial charge in [0.2, 0.25) is 0 Å². The first-order chi connectivity index (χ1) is 7.52. The summed E-state index contributed by atoms with van der Waals surface area (Å²) < 4.78 is 4.95. The molecule has 0 spiro atoms. The Balaban J connectivity index is 2.64. The molecule has 1 atom stereocenters. The van der Waals surface area contributed by atoms with Crippen molar-refractivity contribution >= 4 is 5.97 Å². The summed E-state index contributed by atoms with van der Waals surface area (Å²) in [4.78, 5) is 11.5. The summed E-state index contributed by atoms with van der Waals surface area (Å²) in [5, 5.41) is 6.70. The molecule has 86 valence electrons. The third-order valence-corrected chi connectivity index (χ3v) is 1.99. The van der Waals surface area contributed by atoms with Crippen molar-refractivity contribution in [3.05, 3.63) is 17.5 Å². The Hall–Kier alpha value is -1.76. The van der Waals surface area contributed by atoms with Crippen LogP contribution in [0.5, 0.6) is 0 Å². The van der Waals surface area contributed by atoms with Gasteiger partial charge in [-0.25, -0.2) is 4.79 Å². The zero-order valence-electron chi connectivity index (χ0n) is 9.78. The average Bonchev–Trinajstić information content (AvgIpc) is 2.65. The molecular formula is C12H16N2O2. The monoisotopic (exact) mass is 220 g/mol. The summed E-state index contributed by atoms with van der Waals surface area (Å²) >= 11 is 0. The third-order valence-electron chi connectivity index (χ3n) is 1.99. The normalized spacial score (nSPS) is 12.2. The van der Waals surface area contributed by atoms with Crippen LogP contribution in [0.3, 0.4) is 0 Å². The van der Waals surface area contributed by atoms with Gasteiger partial charge in [0.25, 0.3) is 0 Å². The number of hydrogen-bond acceptors (Lipinski definition) is 3. The number of esters is 1. The maximum absolute atomic E-state index is 11.5. The Labute approximate surface area is 95.4 Å². The van der Waals surface area contributed by atoms with Gasteiger partial charge in [0, 0.05) is 5.69 Å². The Kier molecular flexibility index (Phi) is 4.12. The van der Waals surface area contributed by atoms with Crippen molar-refractivity contribution in [2.45, 2.75) is 33.3 Å². The molecule has 1 aromatic heterocycles. The van der Waals surface area contributed by atoms with Crippen LogP contribution in [-0.2, 0) is 11.2 Å². The van der Waals surface area contributed by atoms with Crippen LogP contribution in [0.15, 0.2) is 6.07 Å². The standard InChI is InChI=1S/C12H16N2O2/c1-5-9(4)16-12(15)11-7-10(13-14-11)6-8(2)3/h1,7-9H,6H2,2-4H3,(H,13,14)/t9-/m0/s1. The van der Waals surface area contributed by atoms with Crippen LogP contribution >= 0.6 is 0 Å². The molecule has 4 nitrogen and oxygen atoms in total. The molecule has 0 radical (unpaired) electrons. The fraction of sp³-hybridized carbons (Fsp3) is 0.500. The quantitative estimate of drug-likeness (QED) is 0.621. The summed E-state index contributed by atoms with van der Waals surface area (Å²) in [5.74, 6) is 2.34. The van der Waals surface area contributed by atoms with Gasteiger partial charge >= 0.3 is 5.97 Å². The van der Waals surface area contributed by atoms with E-state index in [4.69, 9.17) is 11.2 Å². The minimum Gasteiger partial charge on any atom is -0.445 e. The number of ether oxygens (including phenoxy) is 1. The number of aromatic nitrogens is 2. The highest BCUT2D eigenvalue weighted by atomic mass is 16.5. The topological polar surface area (TPSA) is 55.0 Å². The number of carbonyl (C=O) groups is 1. The lowest BCUT2D eigenvalue weighted by Crippen LogP contribution is -2.13. The molecule has 0 amide bonds. The van der Waals surface area contributed by atoms with E-state index in [1.54, 1.807) is 13.0 Å². The van der Waals surface area contributed by atoms with E-state index in [2.05, 4.69) is 30.0 Å². The second kappa shape index (κ2) is 5.36. The number of H-pyrrole nitrogens is 1. The van der Waals surface area contributed by atoms with Crippen molar-refractivity contribution in [3.8, 4) is 12.3 Å². The van der Waals surface area contributed by atoms with Crippen LogP contribution in [0.2, 0.25) is 0 Å². The first-order valence-corrected chi connectivity index (χ1v) is 5.24. The van der Waals surface area contributed by atoms with Crippen LogP contribution in [-0.4, -0.2) is 22.3 Å². The molecular weight excluding hydrogens is 204 g/mol. The minimum atomic E-state index is -0.530. The molecule has 1 rings (SSSR count). The van der Waals surface area contributed by atoms with Gasteiger partial charge in [0.1, 0.15) is 0 Å². The number of nitrogens with zero attached hydrogens (tertiary/aromatic N) is 1. The number of aromatic amines is 1. The molecule has 16 heavy (non-hydrogen) atoms. The molecule has 0 aliphatic heterocycles. The number of nitrogens with one attached hydrogen (secondary N) is 1. The lowest BCUT2D eigenvalue weighted by atomic mass is 10.1. The maximum atomic E-state index is 11.5.